The minimum Gasteiger partial charge on any atom is -0.494 e. The second-order valence-corrected chi connectivity index (χ2v) is 10.0. The van der Waals surface area contributed by atoms with Gasteiger partial charge in [0, 0.05) is 41.3 Å². The molecule has 1 atom stereocenters. The molecule has 4 nitrogen and oxygen atoms in total. The molecular formula is C28H33NO3. The van der Waals surface area contributed by atoms with Crippen molar-refractivity contribution in [2.24, 2.45) is 5.41 Å². The zero-order chi connectivity index (χ0) is 23.0. The van der Waals surface area contributed by atoms with Gasteiger partial charge in [-0.1, -0.05) is 58.0 Å². The number of allylic oxidation sites excluding steroid dienone is 2. The molecule has 1 heterocycles. The van der Waals surface area contributed by atoms with E-state index in [9.17, 15) is 9.59 Å². The van der Waals surface area contributed by atoms with Gasteiger partial charge >= 0.3 is 0 Å². The fraction of sp³-hybridized carbons (Fsp3) is 0.429. The third kappa shape index (κ3) is 4.11. The van der Waals surface area contributed by atoms with Gasteiger partial charge < -0.3 is 4.74 Å². The predicted octanol–water partition coefficient (Wildman–Crippen LogP) is 6.37. The lowest BCUT2D eigenvalue weighted by Gasteiger charge is -2.43. The number of carbonyl (C=O) groups excluding carboxylic acids is 2. The van der Waals surface area contributed by atoms with E-state index in [-0.39, 0.29) is 29.4 Å². The van der Waals surface area contributed by atoms with Gasteiger partial charge in [0.05, 0.1) is 6.61 Å². The van der Waals surface area contributed by atoms with Crippen molar-refractivity contribution in [3.63, 3.8) is 0 Å². The molecule has 0 N–H and O–H groups in total. The highest BCUT2D eigenvalue weighted by atomic mass is 16.5. The summed E-state index contributed by atoms with van der Waals surface area (Å²) in [5.41, 5.74) is 4.45. The first-order chi connectivity index (χ1) is 15.2. The van der Waals surface area contributed by atoms with Crippen molar-refractivity contribution in [2.45, 2.75) is 65.7 Å². The number of Topliss-reactive ketones (excluding diaryl/α,β-unsaturated/α-hetero) is 1. The highest BCUT2D eigenvalue weighted by molar-refractivity contribution is 6.08. The highest BCUT2D eigenvalue weighted by Crippen LogP contribution is 2.49. The van der Waals surface area contributed by atoms with Gasteiger partial charge in [-0.25, -0.2) is 0 Å². The number of anilines is 1. The summed E-state index contributed by atoms with van der Waals surface area (Å²) in [5, 5.41) is 0. The van der Waals surface area contributed by atoms with Gasteiger partial charge in [0.2, 0.25) is 5.91 Å². The summed E-state index contributed by atoms with van der Waals surface area (Å²) in [6, 6.07) is 16.0. The maximum atomic E-state index is 13.6. The van der Waals surface area contributed by atoms with E-state index in [1.54, 1.807) is 4.90 Å². The summed E-state index contributed by atoms with van der Waals surface area (Å²) < 4.78 is 5.87. The van der Waals surface area contributed by atoms with Crippen LogP contribution in [0.2, 0.25) is 0 Å². The lowest BCUT2D eigenvalue weighted by atomic mass is 9.69. The molecule has 2 aromatic carbocycles. The topological polar surface area (TPSA) is 46.6 Å². The average molecular weight is 432 g/mol. The fourth-order valence-corrected chi connectivity index (χ4v) is 5.04. The van der Waals surface area contributed by atoms with Crippen molar-refractivity contribution >= 4 is 17.4 Å². The van der Waals surface area contributed by atoms with E-state index in [4.69, 9.17) is 4.74 Å². The molecular weight excluding hydrogens is 398 g/mol. The van der Waals surface area contributed by atoms with Crippen molar-refractivity contribution in [2.75, 3.05) is 11.5 Å². The van der Waals surface area contributed by atoms with E-state index in [1.165, 1.54) is 5.56 Å². The first-order valence-corrected chi connectivity index (χ1v) is 11.6. The SMILES string of the molecule is CCOc1ccccc1C1CC(=O)N(c2ccc(C(C)C)cc2)C2=C1C(=O)CC(C)(C)C2. The van der Waals surface area contributed by atoms with Crippen molar-refractivity contribution in [1.82, 2.24) is 0 Å². The first-order valence-electron chi connectivity index (χ1n) is 11.6. The van der Waals surface area contributed by atoms with Gasteiger partial charge in [-0.05, 0) is 48.4 Å². The summed E-state index contributed by atoms with van der Waals surface area (Å²) in [6.07, 6.45) is 1.45. The molecule has 4 rings (SSSR count). The van der Waals surface area contributed by atoms with Crippen molar-refractivity contribution in [3.05, 3.63) is 70.9 Å². The predicted molar refractivity (Wildman–Crippen MR) is 128 cm³/mol. The van der Waals surface area contributed by atoms with Crippen molar-refractivity contribution < 1.29 is 14.3 Å². The lowest BCUT2D eigenvalue weighted by molar-refractivity contribution is -0.121. The number of nitrogens with zero attached hydrogens (tertiary/aromatic N) is 1. The average Bonchev–Trinajstić information content (AvgIpc) is 2.73. The lowest BCUT2D eigenvalue weighted by Crippen LogP contribution is -2.43. The quantitative estimate of drug-likeness (QED) is 0.552. The molecule has 2 aliphatic rings. The Balaban J connectivity index is 1.86. The molecule has 168 valence electrons. The van der Waals surface area contributed by atoms with Gasteiger partial charge in [0.15, 0.2) is 5.78 Å². The van der Waals surface area contributed by atoms with Gasteiger partial charge in [0.25, 0.3) is 0 Å². The summed E-state index contributed by atoms with van der Waals surface area (Å²) >= 11 is 0. The summed E-state index contributed by atoms with van der Waals surface area (Å²) in [6.45, 7) is 11.0. The van der Waals surface area contributed by atoms with Crippen LogP contribution in [-0.2, 0) is 9.59 Å². The van der Waals surface area contributed by atoms with Crippen LogP contribution in [0.4, 0.5) is 5.69 Å². The van der Waals surface area contributed by atoms with E-state index in [0.29, 0.717) is 25.4 Å². The number of amides is 1. The Kier molecular flexibility index (Phi) is 5.98. The molecule has 0 radical (unpaired) electrons. The number of ketones is 1. The summed E-state index contributed by atoms with van der Waals surface area (Å²) in [7, 11) is 0. The Bertz CT molecular complexity index is 1060. The Labute approximate surface area is 191 Å². The standard InChI is InChI=1S/C28H33NO3/c1-6-32-25-10-8-7-9-21(25)22-15-26(31)29(20-13-11-19(12-14-20)18(2)3)23-16-28(4,5)17-24(30)27(22)23/h7-14,18,22H,6,15-17H2,1-5H3. The van der Waals surface area contributed by atoms with Crippen LogP contribution < -0.4 is 9.64 Å². The van der Waals surface area contributed by atoms with Gasteiger partial charge in [-0.15, -0.1) is 0 Å². The fourth-order valence-electron chi connectivity index (χ4n) is 5.04. The zero-order valence-corrected chi connectivity index (χ0v) is 19.8. The van der Waals surface area contributed by atoms with Crippen LogP contribution in [0.5, 0.6) is 5.75 Å². The van der Waals surface area contributed by atoms with E-state index in [0.717, 1.165) is 28.3 Å². The summed E-state index contributed by atoms with van der Waals surface area (Å²) in [4.78, 5) is 28.9. The second kappa shape index (κ2) is 8.57. The van der Waals surface area contributed by atoms with Crippen LogP contribution in [0.15, 0.2) is 59.8 Å². The molecule has 1 amide bonds. The minimum absolute atomic E-state index is 0.0304. The number of hydrogen-bond donors (Lipinski definition) is 0. The van der Waals surface area contributed by atoms with Crippen molar-refractivity contribution in [3.8, 4) is 5.75 Å². The highest BCUT2D eigenvalue weighted by Gasteiger charge is 2.44. The largest absolute Gasteiger partial charge is 0.494 e. The number of ether oxygens (including phenoxy) is 1. The Morgan fingerprint density at radius 3 is 2.38 bits per heavy atom. The number of benzene rings is 2. The molecule has 1 aliphatic heterocycles. The third-order valence-corrected chi connectivity index (χ3v) is 6.56. The maximum absolute atomic E-state index is 13.6. The van der Waals surface area contributed by atoms with Crippen molar-refractivity contribution in [1.29, 1.82) is 0 Å². The van der Waals surface area contributed by atoms with E-state index in [1.807, 2.05) is 43.3 Å². The molecule has 32 heavy (non-hydrogen) atoms. The third-order valence-electron chi connectivity index (χ3n) is 6.56. The monoisotopic (exact) mass is 431 g/mol. The van der Waals surface area contributed by atoms with Crippen LogP contribution in [0.1, 0.15) is 76.8 Å². The molecule has 0 fully saturated rings. The zero-order valence-electron chi connectivity index (χ0n) is 19.8. The minimum atomic E-state index is -0.268. The Hall–Kier alpha value is -2.88. The Morgan fingerprint density at radius 1 is 1.03 bits per heavy atom. The van der Waals surface area contributed by atoms with Gasteiger partial charge in [-0.3, -0.25) is 14.5 Å². The number of carbonyl (C=O) groups is 2. The molecule has 4 heteroatoms. The molecule has 0 saturated carbocycles. The maximum Gasteiger partial charge on any atom is 0.232 e. The number of para-hydroxylation sites is 1. The smallest absolute Gasteiger partial charge is 0.232 e. The Morgan fingerprint density at radius 2 is 1.72 bits per heavy atom. The molecule has 1 aliphatic carbocycles. The van der Waals surface area contributed by atoms with E-state index < -0.39 is 0 Å². The van der Waals surface area contributed by atoms with E-state index in [2.05, 4.69) is 39.8 Å². The van der Waals surface area contributed by atoms with E-state index >= 15 is 0 Å². The molecule has 0 bridgehead atoms. The number of hydrogen-bond acceptors (Lipinski definition) is 3. The van der Waals surface area contributed by atoms with Gasteiger partial charge in [-0.2, -0.15) is 0 Å². The normalized spacial score (nSPS) is 20.6. The molecule has 0 aromatic heterocycles. The van der Waals surface area contributed by atoms with Crippen LogP contribution in [0, 0.1) is 5.41 Å². The molecule has 2 aromatic rings. The molecule has 1 unspecified atom stereocenters. The molecule has 0 saturated heterocycles. The second-order valence-electron chi connectivity index (χ2n) is 10.0. The molecule has 0 spiro atoms. The van der Waals surface area contributed by atoms with Gasteiger partial charge in [0.1, 0.15) is 5.75 Å². The van der Waals surface area contributed by atoms with Crippen LogP contribution in [0.3, 0.4) is 0 Å². The van der Waals surface area contributed by atoms with Crippen LogP contribution >= 0.6 is 0 Å². The van der Waals surface area contributed by atoms with Crippen LogP contribution in [-0.4, -0.2) is 18.3 Å². The summed E-state index contributed by atoms with van der Waals surface area (Å²) in [5.74, 6) is 1.08. The first kappa shape index (κ1) is 22.3. The number of rotatable bonds is 5. The van der Waals surface area contributed by atoms with Crippen LogP contribution in [0.25, 0.3) is 0 Å².